The SMILES string of the molecule is COC(=O)C(CC(C)(C)CCCOc1cc(C)ccc1C)N(C(=O)OC(C)(C)C)C(=O)OC(C)(C)C. The Hall–Kier alpha value is -2.77. The lowest BCUT2D eigenvalue weighted by Crippen LogP contribution is -2.53. The van der Waals surface area contributed by atoms with Crippen LogP contribution in [0.15, 0.2) is 18.2 Å². The summed E-state index contributed by atoms with van der Waals surface area (Å²) in [6.45, 7) is 18.6. The van der Waals surface area contributed by atoms with Gasteiger partial charge in [-0.15, -0.1) is 0 Å². The molecule has 0 radical (unpaired) electrons. The van der Waals surface area contributed by atoms with Crippen LogP contribution >= 0.6 is 0 Å². The molecule has 8 heteroatoms. The van der Waals surface area contributed by atoms with E-state index in [9.17, 15) is 14.4 Å². The van der Waals surface area contributed by atoms with Crippen LogP contribution < -0.4 is 4.74 Å². The summed E-state index contributed by atoms with van der Waals surface area (Å²) in [5, 5.41) is 0. The van der Waals surface area contributed by atoms with E-state index in [0.717, 1.165) is 21.8 Å². The summed E-state index contributed by atoms with van der Waals surface area (Å²) in [7, 11) is 1.22. The molecular weight excluding hydrogens is 462 g/mol. The summed E-state index contributed by atoms with van der Waals surface area (Å²) in [6, 6.07) is 4.86. The number of carbonyl (C=O) groups excluding carboxylic acids is 3. The molecule has 0 N–H and O–H groups in total. The van der Waals surface area contributed by atoms with Crippen LogP contribution in [0.5, 0.6) is 5.75 Å². The second-order valence-electron chi connectivity index (χ2n) is 12.0. The number of amides is 2. The Morgan fingerprint density at radius 3 is 1.89 bits per heavy atom. The van der Waals surface area contributed by atoms with E-state index in [4.69, 9.17) is 18.9 Å². The highest BCUT2D eigenvalue weighted by atomic mass is 16.6. The van der Waals surface area contributed by atoms with Gasteiger partial charge in [0, 0.05) is 0 Å². The molecule has 0 aliphatic carbocycles. The van der Waals surface area contributed by atoms with Crippen molar-refractivity contribution < 1.29 is 33.3 Å². The molecule has 0 aromatic heterocycles. The summed E-state index contributed by atoms with van der Waals surface area (Å²) >= 11 is 0. The molecule has 1 aromatic carbocycles. The maximum Gasteiger partial charge on any atom is 0.420 e. The quantitative estimate of drug-likeness (QED) is 0.211. The van der Waals surface area contributed by atoms with Gasteiger partial charge in [0.15, 0.2) is 0 Å². The number of esters is 1. The van der Waals surface area contributed by atoms with E-state index in [1.807, 2.05) is 45.9 Å². The van der Waals surface area contributed by atoms with Crippen molar-refractivity contribution in [2.75, 3.05) is 13.7 Å². The van der Waals surface area contributed by atoms with Crippen molar-refractivity contribution in [3.8, 4) is 5.75 Å². The van der Waals surface area contributed by atoms with E-state index < -0.39 is 40.8 Å². The van der Waals surface area contributed by atoms with Gasteiger partial charge in [0.1, 0.15) is 23.0 Å². The molecule has 0 fully saturated rings. The Morgan fingerprint density at radius 1 is 0.889 bits per heavy atom. The average molecular weight is 508 g/mol. The molecule has 0 saturated carbocycles. The third-order valence-electron chi connectivity index (χ3n) is 5.31. The van der Waals surface area contributed by atoms with Gasteiger partial charge in [0.05, 0.1) is 13.7 Å². The molecule has 0 heterocycles. The van der Waals surface area contributed by atoms with Gasteiger partial charge >= 0.3 is 18.2 Å². The van der Waals surface area contributed by atoms with Gasteiger partial charge in [-0.25, -0.2) is 14.4 Å². The van der Waals surface area contributed by atoms with Crippen LogP contribution in [0.4, 0.5) is 9.59 Å². The number of imide groups is 1. The summed E-state index contributed by atoms with van der Waals surface area (Å²) in [5.41, 5.74) is 0.00111. The highest BCUT2D eigenvalue weighted by molar-refractivity contribution is 5.94. The standard InChI is InChI=1S/C28H45NO7/c1-19-13-14-20(2)22(17-19)34-16-12-15-28(9,10)18-21(23(30)33-11)29(24(31)35-26(3,4)5)25(32)36-27(6,7)8/h13-14,17,21H,12,15-16,18H2,1-11H3. The first-order chi connectivity index (χ1) is 16.3. The molecule has 36 heavy (non-hydrogen) atoms. The number of methoxy groups -OCH3 is 1. The van der Waals surface area contributed by atoms with Crippen LogP contribution in [0, 0.1) is 19.3 Å². The lowest BCUT2D eigenvalue weighted by Gasteiger charge is -2.35. The molecule has 0 aliphatic heterocycles. The molecular formula is C28H45NO7. The van der Waals surface area contributed by atoms with Gasteiger partial charge in [0.25, 0.3) is 0 Å². The molecule has 2 amide bonds. The van der Waals surface area contributed by atoms with Crippen molar-refractivity contribution in [1.29, 1.82) is 0 Å². The molecule has 1 unspecified atom stereocenters. The average Bonchev–Trinajstić information content (AvgIpc) is 2.69. The minimum absolute atomic E-state index is 0.168. The first-order valence-corrected chi connectivity index (χ1v) is 12.4. The van der Waals surface area contributed by atoms with Crippen molar-refractivity contribution in [2.24, 2.45) is 5.41 Å². The van der Waals surface area contributed by atoms with Crippen LogP contribution in [0.2, 0.25) is 0 Å². The lowest BCUT2D eigenvalue weighted by atomic mass is 9.81. The second-order valence-corrected chi connectivity index (χ2v) is 12.0. The number of nitrogens with zero attached hydrogens (tertiary/aromatic N) is 1. The zero-order valence-corrected chi connectivity index (χ0v) is 23.9. The molecule has 1 aromatic rings. The van der Waals surface area contributed by atoms with Crippen molar-refractivity contribution in [3.63, 3.8) is 0 Å². The summed E-state index contributed by atoms with van der Waals surface area (Å²) in [6.07, 6.45) is -0.348. The smallest absolute Gasteiger partial charge is 0.420 e. The van der Waals surface area contributed by atoms with Crippen molar-refractivity contribution in [3.05, 3.63) is 29.3 Å². The molecule has 1 rings (SSSR count). The topological polar surface area (TPSA) is 91.4 Å². The summed E-state index contributed by atoms with van der Waals surface area (Å²) < 4.78 is 21.9. The second kappa shape index (κ2) is 12.5. The fourth-order valence-electron chi connectivity index (χ4n) is 3.59. The van der Waals surface area contributed by atoms with Gasteiger partial charge < -0.3 is 18.9 Å². The maximum absolute atomic E-state index is 13.1. The Morgan fingerprint density at radius 2 is 1.42 bits per heavy atom. The van der Waals surface area contributed by atoms with Crippen LogP contribution in [0.25, 0.3) is 0 Å². The zero-order chi connectivity index (χ0) is 27.9. The van der Waals surface area contributed by atoms with Crippen LogP contribution in [-0.2, 0) is 19.0 Å². The third kappa shape index (κ3) is 10.9. The molecule has 1 atom stereocenters. The number of aryl methyl sites for hydroxylation is 2. The predicted octanol–water partition coefficient (Wildman–Crippen LogP) is 6.59. The van der Waals surface area contributed by atoms with Gasteiger partial charge in [0.2, 0.25) is 0 Å². The third-order valence-corrected chi connectivity index (χ3v) is 5.31. The van der Waals surface area contributed by atoms with Gasteiger partial charge in [-0.1, -0.05) is 26.0 Å². The van der Waals surface area contributed by atoms with Crippen LogP contribution in [0.1, 0.15) is 85.8 Å². The van der Waals surface area contributed by atoms with E-state index in [-0.39, 0.29) is 6.42 Å². The van der Waals surface area contributed by atoms with E-state index >= 15 is 0 Å². The number of carbonyl (C=O) groups is 3. The van der Waals surface area contributed by atoms with Gasteiger partial charge in [-0.05, 0) is 97.3 Å². The number of hydrogen-bond donors (Lipinski definition) is 0. The summed E-state index contributed by atoms with van der Waals surface area (Å²) in [4.78, 5) is 39.8. The van der Waals surface area contributed by atoms with Gasteiger partial charge in [-0.2, -0.15) is 4.90 Å². The van der Waals surface area contributed by atoms with Crippen LogP contribution in [0.3, 0.4) is 0 Å². The highest BCUT2D eigenvalue weighted by Gasteiger charge is 2.43. The number of benzene rings is 1. The maximum atomic E-state index is 13.1. The first kappa shape index (κ1) is 31.3. The molecule has 204 valence electrons. The predicted molar refractivity (Wildman–Crippen MR) is 139 cm³/mol. The number of hydrogen-bond acceptors (Lipinski definition) is 7. The molecule has 0 bridgehead atoms. The van der Waals surface area contributed by atoms with Crippen molar-refractivity contribution in [1.82, 2.24) is 4.90 Å². The van der Waals surface area contributed by atoms with E-state index in [2.05, 4.69) is 0 Å². The number of ether oxygens (including phenoxy) is 4. The highest BCUT2D eigenvalue weighted by Crippen LogP contribution is 2.32. The fourth-order valence-corrected chi connectivity index (χ4v) is 3.59. The number of rotatable bonds is 9. The van der Waals surface area contributed by atoms with Gasteiger partial charge in [-0.3, -0.25) is 0 Å². The largest absolute Gasteiger partial charge is 0.493 e. The Labute approximate surface area is 216 Å². The lowest BCUT2D eigenvalue weighted by molar-refractivity contribution is -0.148. The Balaban J connectivity index is 3.06. The van der Waals surface area contributed by atoms with Crippen LogP contribution in [-0.4, -0.2) is 54.0 Å². The molecule has 0 saturated heterocycles. The van der Waals surface area contributed by atoms with E-state index in [1.165, 1.54) is 7.11 Å². The van der Waals surface area contributed by atoms with Crippen molar-refractivity contribution in [2.45, 2.75) is 106 Å². The molecule has 0 spiro atoms. The molecule has 8 nitrogen and oxygen atoms in total. The van der Waals surface area contributed by atoms with E-state index in [0.29, 0.717) is 19.4 Å². The normalized spacial score (nSPS) is 13.0. The first-order valence-electron chi connectivity index (χ1n) is 12.4. The minimum Gasteiger partial charge on any atom is -0.493 e. The zero-order valence-electron chi connectivity index (χ0n) is 23.9. The fraction of sp³-hybridized carbons (Fsp3) is 0.679. The monoisotopic (exact) mass is 507 g/mol. The Kier molecular flexibility index (Phi) is 10.8. The minimum atomic E-state index is -1.21. The Bertz CT molecular complexity index is 881. The van der Waals surface area contributed by atoms with Crippen molar-refractivity contribution >= 4 is 18.2 Å². The molecule has 0 aliphatic rings. The van der Waals surface area contributed by atoms with E-state index in [1.54, 1.807) is 41.5 Å². The summed E-state index contributed by atoms with van der Waals surface area (Å²) in [5.74, 6) is 0.132.